The molecular weight excluding hydrogens is 216 g/mol. The molecule has 0 spiro atoms. The van der Waals surface area contributed by atoms with Crippen molar-refractivity contribution < 1.29 is 4.92 Å². The standard InChI is InChI=1S/C13H14N2O2/c1-10(15(16)17)13(12-8-5-9-14-12)11-6-3-2-4-7-11/h2-10,13-14H,1H3. The maximum atomic E-state index is 11.0. The molecule has 0 radical (unpaired) electrons. The number of nitrogens with zero attached hydrogens (tertiary/aromatic N) is 1. The van der Waals surface area contributed by atoms with E-state index in [1.54, 1.807) is 13.1 Å². The summed E-state index contributed by atoms with van der Waals surface area (Å²) < 4.78 is 0. The van der Waals surface area contributed by atoms with Crippen LogP contribution >= 0.6 is 0 Å². The van der Waals surface area contributed by atoms with Gasteiger partial charge in [-0.05, 0) is 17.7 Å². The number of aromatic amines is 1. The Kier molecular flexibility index (Phi) is 3.23. The molecule has 4 nitrogen and oxygen atoms in total. The van der Waals surface area contributed by atoms with E-state index in [2.05, 4.69) is 4.98 Å². The molecule has 0 fully saturated rings. The van der Waals surface area contributed by atoms with Crippen LogP contribution in [0.2, 0.25) is 0 Å². The lowest BCUT2D eigenvalue weighted by Crippen LogP contribution is -2.25. The Hall–Kier alpha value is -2.10. The largest absolute Gasteiger partial charge is 0.364 e. The number of aromatic nitrogens is 1. The Morgan fingerprint density at radius 2 is 1.88 bits per heavy atom. The first-order valence-electron chi connectivity index (χ1n) is 5.52. The van der Waals surface area contributed by atoms with E-state index in [1.807, 2.05) is 42.5 Å². The molecular formula is C13H14N2O2. The molecule has 0 aliphatic rings. The number of H-pyrrole nitrogens is 1. The third kappa shape index (κ3) is 2.36. The van der Waals surface area contributed by atoms with Gasteiger partial charge in [-0.15, -0.1) is 0 Å². The highest BCUT2D eigenvalue weighted by Crippen LogP contribution is 2.28. The molecule has 17 heavy (non-hydrogen) atoms. The van der Waals surface area contributed by atoms with Gasteiger partial charge in [-0.25, -0.2) is 0 Å². The van der Waals surface area contributed by atoms with Crippen molar-refractivity contribution in [3.05, 3.63) is 70.0 Å². The van der Waals surface area contributed by atoms with Crippen molar-refractivity contribution in [3.63, 3.8) is 0 Å². The van der Waals surface area contributed by atoms with Gasteiger partial charge in [0.1, 0.15) is 0 Å². The maximum absolute atomic E-state index is 11.0. The van der Waals surface area contributed by atoms with Crippen LogP contribution in [0.3, 0.4) is 0 Å². The average molecular weight is 230 g/mol. The number of hydrogen-bond acceptors (Lipinski definition) is 2. The van der Waals surface area contributed by atoms with Crippen molar-refractivity contribution >= 4 is 0 Å². The van der Waals surface area contributed by atoms with Gasteiger partial charge in [0, 0.05) is 23.7 Å². The molecule has 0 saturated carbocycles. The molecule has 1 heterocycles. The predicted octanol–water partition coefficient (Wildman–Crippen LogP) is 2.81. The normalized spacial score (nSPS) is 14.2. The molecule has 2 unspecified atom stereocenters. The van der Waals surface area contributed by atoms with E-state index >= 15 is 0 Å². The average Bonchev–Trinajstić information content (AvgIpc) is 2.84. The van der Waals surface area contributed by atoms with Crippen LogP contribution in [0.5, 0.6) is 0 Å². The minimum atomic E-state index is -0.656. The molecule has 1 aromatic carbocycles. The molecule has 2 rings (SSSR count). The third-order valence-corrected chi connectivity index (χ3v) is 2.93. The SMILES string of the molecule is CC(C(c1ccccc1)c1ccc[nH]1)[N+](=O)[O-]. The van der Waals surface area contributed by atoms with Crippen LogP contribution in [0.25, 0.3) is 0 Å². The molecule has 0 bridgehead atoms. The molecule has 0 amide bonds. The first-order chi connectivity index (χ1) is 8.20. The van der Waals surface area contributed by atoms with E-state index in [1.165, 1.54) is 0 Å². The third-order valence-electron chi connectivity index (χ3n) is 2.93. The highest BCUT2D eigenvalue weighted by molar-refractivity contribution is 5.29. The van der Waals surface area contributed by atoms with Crippen LogP contribution in [0, 0.1) is 10.1 Å². The number of nitrogens with one attached hydrogen (secondary N) is 1. The highest BCUT2D eigenvalue weighted by atomic mass is 16.6. The Bertz CT molecular complexity index is 479. The summed E-state index contributed by atoms with van der Waals surface area (Å²) in [6, 6.07) is 12.6. The van der Waals surface area contributed by atoms with E-state index in [9.17, 15) is 10.1 Å². The summed E-state index contributed by atoms with van der Waals surface area (Å²) in [7, 11) is 0. The second-order valence-electron chi connectivity index (χ2n) is 4.04. The predicted molar refractivity (Wildman–Crippen MR) is 65.5 cm³/mol. The van der Waals surface area contributed by atoms with E-state index in [4.69, 9.17) is 0 Å². The number of nitro groups is 1. The van der Waals surface area contributed by atoms with E-state index < -0.39 is 6.04 Å². The van der Waals surface area contributed by atoms with Crippen LogP contribution in [-0.2, 0) is 0 Å². The van der Waals surface area contributed by atoms with Crippen molar-refractivity contribution in [2.24, 2.45) is 0 Å². The van der Waals surface area contributed by atoms with E-state index in [-0.39, 0.29) is 10.8 Å². The lowest BCUT2D eigenvalue weighted by Gasteiger charge is -2.17. The number of rotatable bonds is 4. The maximum Gasteiger partial charge on any atom is 0.222 e. The summed E-state index contributed by atoms with van der Waals surface area (Å²) in [5.74, 6) is -0.235. The van der Waals surface area contributed by atoms with Gasteiger partial charge in [0.2, 0.25) is 6.04 Å². The topological polar surface area (TPSA) is 58.9 Å². The van der Waals surface area contributed by atoms with Gasteiger partial charge in [0.15, 0.2) is 0 Å². The molecule has 4 heteroatoms. The van der Waals surface area contributed by atoms with Gasteiger partial charge in [-0.2, -0.15) is 0 Å². The zero-order valence-electron chi connectivity index (χ0n) is 9.54. The zero-order valence-corrected chi connectivity index (χ0v) is 9.54. The van der Waals surface area contributed by atoms with Crippen LogP contribution in [-0.4, -0.2) is 15.9 Å². The molecule has 1 N–H and O–H groups in total. The Morgan fingerprint density at radius 3 is 2.41 bits per heavy atom. The highest BCUT2D eigenvalue weighted by Gasteiger charge is 2.30. The molecule has 88 valence electrons. The summed E-state index contributed by atoms with van der Waals surface area (Å²) in [4.78, 5) is 13.8. The van der Waals surface area contributed by atoms with E-state index in [0.717, 1.165) is 11.3 Å². The smallest absolute Gasteiger partial charge is 0.222 e. The van der Waals surface area contributed by atoms with Crippen molar-refractivity contribution in [3.8, 4) is 0 Å². The van der Waals surface area contributed by atoms with Gasteiger partial charge in [0.25, 0.3) is 0 Å². The quantitative estimate of drug-likeness (QED) is 0.648. The minimum absolute atomic E-state index is 0.235. The molecule has 2 aromatic rings. The summed E-state index contributed by atoms with van der Waals surface area (Å²) in [5, 5.41) is 11.0. The Labute approximate surface area is 99.4 Å². The summed E-state index contributed by atoms with van der Waals surface area (Å²) in [5.41, 5.74) is 1.83. The summed E-state index contributed by atoms with van der Waals surface area (Å²) in [6.07, 6.45) is 1.79. The molecule has 1 aromatic heterocycles. The number of hydrogen-bond donors (Lipinski definition) is 1. The van der Waals surface area contributed by atoms with Crippen molar-refractivity contribution in [1.82, 2.24) is 4.98 Å². The van der Waals surface area contributed by atoms with Gasteiger partial charge in [-0.3, -0.25) is 10.1 Å². The summed E-state index contributed by atoms with van der Waals surface area (Å²) >= 11 is 0. The lowest BCUT2D eigenvalue weighted by atomic mass is 9.90. The fraction of sp³-hybridized carbons (Fsp3) is 0.231. The zero-order chi connectivity index (χ0) is 12.3. The van der Waals surface area contributed by atoms with Crippen LogP contribution < -0.4 is 0 Å². The lowest BCUT2D eigenvalue weighted by molar-refractivity contribution is -0.520. The van der Waals surface area contributed by atoms with Crippen molar-refractivity contribution in [2.45, 2.75) is 18.9 Å². The van der Waals surface area contributed by atoms with Crippen LogP contribution in [0.15, 0.2) is 48.7 Å². The molecule has 0 aliphatic heterocycles. The van der Waals surface area contributed by atoms with Crippen LogP contribution in [0.1, 0.15) is 24.1 Å². The van der Waals surface area contributed by atoms with Gasteiger partial charge in [0.05, 0.1) is 5.92 Å². The fourth-order valence-corrected chi connectivity index (χ4v) is 2.04. The first kappa shape index (κ1) is 11.4. The Morgan fingerprint density at radius 1 is 1.18 bits per heavy atom. The first-order valence-corrected chi connectivity index (χ1v) is 5.52. The minimum Gasteiger partial charge on any atom is -0.364 e. The van der Waals surface area contributed by atoms with Gasteiger partial charge in [-0.1, -0.05) is 30.3 Å². The van der Waals surface area contributed by atoms with Crippen molar-refractivity contribution in [2.75, 3.05) is 0 Å². The fourth-order valence-electron chi connectivity index (χ4n) is 2.04. The molecule has 0 saturated heterocycles. The van der Waals surface area contributed by atoms with Crippen LogP contribution in [0.4, 0.5) is 0 Å². The Balaban J connectivity index is 2.42. The monoisotopic (exact) mass is 230 g/mol. The second-order valence-corrected chi connectivity index (χ2v) is 4.04. The van der Waals surface area contributed by atoms with Crippen molar-refractivity contribution in [1.29, 1.82) is 0 Å². The number of benzene rings is 1. The van der Waals surface area contributed by atoms with Gasteiger partial charge >= 0.3 is 0 Å². The molecule has 0 aliphatic carbocycles. The second kappa shape index (κ2) is 4.82. The summed E-state index contributed by atoms with van der Waals surface area (Å²) in [6.45, 7) is 1.64. The van der Waals surface area contributed by atoms with Gasteiger partial charge < -0.3 is 4.98 Å². The van der Waals surface area contributed by atoms with E-state index in [0.29, 0.717) is 0 Å². The molecule has 2 atom stereocenters.